The Labute approximate surface area is 261 Å². The molecule has 9 nitrogen and oxygen atoms in total. The summed E-state index contributed by atoms with van der Waals surface area (Å²) in [5, 5.41) is 13.7. The van der Waals surface area contributed by atoms with Gasteiger partial charge in [-0.25, -0.2) is 13.1 Å². The molecule has 0 spiro atoms. The van der Waals surface area contributed by atoms with Gasteiger partial charge in [-0.3, -0.25) is 14.5 Å². The van der Waals surface area contributed by atoms with Crippen LogP contribution >= 0.6 is 24.0 Å². The van der Waals surface area contributed by atoms with Crippen LogP contribution in [0.1, 0.15) is 51.0 Å². The summed E-state index contributed by atoms with van der Waals surface area (Å²) in [5.74, 6) is -0.529. The number of aromatic nitrogens is 2. The fraction of sp³-hybridized carbons (Fsp3) is 0.355. The first-order valence-electron chi connectivity index (χ1n) is 14.4. The fourth-order valence-corrected chi connectivity index (χ4v) is 7.98. The number of unbranched alkanes of at least 4 members (excludes halogenated alkanes) is 2. The van der Waals surface area contributed by atoms with E-state index in [2.05, 4.69) is 6.92 Å². The second kappa shape index (κ2) is 13.5. The van der Waals surface area contributed by atoms with Crippen LogP contribution in [0.15, 0.2) is 70.6 Å². The number of nitrogens with zero attached hydrogens (tertiary/aromatic N) is 4. The van der Waals surface area contributed by atoms with Gasteiger partial charge in [-0.05, 0) is 61.9 Å². The molecule has 5 rings (SSSR count). The first-order valence-corrected chi connectivity index (χ1v) is 17.0. The molecule has 226 valence electrons. The number of amides is 1. The Hall–Kier alpha value is -3.32. The number of thiocarbonyl (C=S) groups is 1. The zero-order valence-corrected chi connectivity index (χ0v) is 26.3. The van der Waals surface area contributed by atoms with Gasteiger partial charge in [0.05, 0.1) is 15.5 Å². The molecule has 0 saturated carbocycles. The number of hydrogen-bond acceptors (Lipinski definition) is 7. The number of carboxylic acid groups (broad SMARTS) is 1. The third kappa shape index (κ3) is 7.26. The van der Waals surface area contributed by atoms with Gasteiger partial charge in [0.2, 0.25) is 10.0 Å². The number of piperidine rings is 1. The molecule has 0 unspecified atom stereocenters. The first-order chi connectivity index (χ1) is 20.6. The molecule has 2 fully saturated rings. The summed E-state index contributed by atoms with van der Waals surface area (Å²) in [4.78, 5) is 26.3. The minimum Gasteiger partial charge on any atom is -0.481 e. The quantitative estimate of drug-likeness (QED) is 0.159. The van der Waals surface area contributed by atoms with E-state index in [0.717, 1.165) is 18.5 Å². The van der Waals surface area contributed by atoms with E-state index in [1.807, 2.05) is 42.6 Å². The smallest absolute Gasteiger partial charge is 0.303 e. The molecule has 0 radical (unpaired) electrons. The molecule has 3 heterocycles. The van der Waals surface area contributed by atoms with Gasteiger partial charge in [0, 0.05) is 43.4 Å². The van der Waals surface area contributed by atoms with Crippen molar-refractivity contribution in [3.8, 4) is 16.9 Å². The largest absolute Gasteiger partial charge is 0.481 e. The van der Waals surface area contributed by atoms with E-state index >= 15 is 0 Å². The summed E-state index contributed by atoms with van der Waals surface area (Å²) in [6.07, 6.45) is 7.26. The third-order valence-electron chi connectivity index (χ3n) is 7.68. The lowest BCUT2D eigenvalue weighted by molar-refractivity contribution is -0.137. The lowest BCUT2D eigenvalue weighted by atomic mass is 10.0. The first kappa shape index (κ1) is 31.1. The maximum absolute atomic E-state index is 13.5. The predicted molar refractivity (Wildman–Crippen MR) is 172 cm³/mol. The molecule has 2 aromatic carbocycles. The summed E-state index contributed by atoms with van der Waals surface area (Å²) >= 11 is 6.72. The van der Waals surface area contributed by atoms with Crippen molar-refractivity contribution < 1.29 is 23.1 Å². The molecule has 0 atom stereocenters. The number of sulfonamides is 1. The van der Waals surface area contributed by atoms with Crippen molar-refractivity contribution in [3.05, 3.63) is 71.3 Å². The highest BCUT2D eigenvalue weighted by molar-refractivity contribution is 8.26. The van der Waals surface area contributed by atoms with E-state index in [-0.39, 0.29) is 17.2 Å². The SMILES string of the molecule is CC1CCN(S(=O)(=O)c2cccc(-c3nn(-c4ccccc4)cc3/C=C3\SC(=S)N(CCCCCC(=O)O)C3=O)c2)CC1. The molecule has 1 N–H and O–H groups in total. The molecule has 3 aromatic rings. The lowest BCUT2D eigenvalue weighted by Gasteiger charge is -2.29. The fourth-order valence-electron chi connectivity index (χ4n) is 5.17. The van der Waals surface area contributed by atoms with Gasteiger partial charge in [-0.2, -0.15) is 9.40 Å². The monoisotopic (exact) mass is 638 g/mol. The summed E-state index contributed by atoms with van der Waals surface area (Å²) < 4.78 is 30.8. The summed E-state index contributed by atoms with van der Waals surface area (Å²) in [6.45, 7) is 3.57. The zero-order valence-electron chi connectivity index (χ0n) is 23.9. The Balaban J connectivity index is 1.45. The van der Waals surface area contributed by atoms with Crippen molar-refractivity contribution in [2.45, 2.75) is 50.3 Å². The molecule has 1 aromatic heterocycles. The van der Waals surface area contributed by atoms with E-state index < -0.39 is 16.0 Å². The van der Waals surface area contributed by atoms with Crippen LogP contribution < -0.4 is 0 Å². The number of para-hydroxylation sites is 1. The number of thioether (sulfide) groups is 1. The van der Waals surface area contributed by atoms with E-state index in [1.54, 1.807) is 38.2 Å². The van der Waals surface area contributed by atoms with Crippen LogP contribution in [-0.2, 0) is 19.6 Å². The highest BCUT2D eigenvalue weighted by atomic mass is 32.2. The predicted octanol–water partition coefficient (Wildman–Crippen LogP) is 5.81. The standard InChI is InChI=1S/C31H34N4O5S3/c1-22-14-17-33(18-15-22)43(39,40)26-12-8-9-23(19-26)29-24(21-35(32-29)25-10-4-2-5-11-25)20-27-30(38)34(31(41)42-27)16-7-3-6-13-28(36)37/h2,4-5,8-12,19-22H,3,6-7,13-18H2,1H3,(H,36,37)/b27-20-. The molecule has 2 saturated heterocycles. The number of carbonyl (C=O) groups excluding carboxylic acids is 1. The van der Waals surface area contributed by atoms with Gasteiger partial charge in [0.15, 0.2) is 0 Å². The number of carbonyl (C=O) groups is 2. The normalized spacial score (nSPS) is 17.7. The number of aliphatic carboxylic acids is 1. The number of hydrogen-bond donors (Lipinski definition) is 1. The van der Waals surface area contributed by atoms with Crippen molar-refractivity contribution in [2.24, 2.45) is 5.92 Å². The van der Waals surface area contributed by atoms with Crippen LogP contribution in [0.2, 0.25) is 0 Å². The number of rotatable bonds is 11. The maximum Gasteiger partial charge on any atom is 0.303 e. The Bertz CT molecular complexity index is 1640. The number of carboxylic acids is 1. The highest BCUT2D eigenvalue weighted by Crippen LogP contribution is 2.36. The molecule has 2 aliphatic rings. The molecule has 43 heavy (non-hydrogen) atoms. The molecule has 1 amide bonds. The van der Waals surface area contributed by atoms with E-state index in [1.165, 1.54) is 11.8 Å². The Morgan fingerprint density at radius 3 is 2.56 bits per heavy atom. The van der Waals surface area contributed by atoms with Gasteiger partial charge in [-0.15, -0.1) is 0 Å². The van der Waals surface area contributed by atoms with Crippen molar-refractivity contribution in [3.63, 3.8) is 0 Å². The van der Waals surface area contributed by atoms with Crippen LogP contribution in [0.5, 0.6) is 0 Å². The minimum absolute atomic E-state index is 0.103. The molecular formula is C31H34N4O5S3. The summed E-state index contributed by atoms with van der Waals surface area (Å²) in [7, 11) is -3.67. The van der Waals surface area contributed by atoms with Crippen LogP contribution in [0, 0.1) is 5.92 Å². The van der Waals surface area contributed by atoms with Gasteiger partial charge < -0.3 is 5.11 Å². The molecule has 0 bridgehead atoms. The van der Waals surface area contributed by atoms with Gasteiger partial charge >= 0.3 is 5.97 Å². The van der Waals surface area contributed by atoms with Crippen molar-refractivity contribution in [1.82, 2.24) is 19.0 Å². The van der Waals surface area contributed by atoms with E-state index in [0.29, 0.717) is 70.9 Å². The Morgan fingerprint density at radius 2 is 1.84 bits per heavy atom. The highest BCUT2D eigenvalue weighted by Gasteiger charge is 2.32. The topological polar surface area (TPSA) is 113 Å². The Kier molecular flexibility index (Phi) is 9.80. The Morgan fingerprint density at radius 1 is 1.09 bits per heavy atom. The molecule has 0 aliphatic carbocycles. The van der Waals surface area contributed by atoms with Gasteiger partial charge in [0.1, 0.15) is 10.0 Å². The average Bonchev–Trinajstić information content (AvgIpc) is 3.53. The second-order valence-corrected chi connectivity index (χ2v) is 14.5. The van der Waals surface area contributed by atoms with Crippen LogP contribution in [0.25, 0.3) is 23.0 Å². The van der Waals surface area contributed by atoms with E-state index in [4.69, 9.17) is 22.4 Å². The maximum atomic E-state index is 13.5. The van der Waals surface area contributed by atoms with Crippen molar-refractivity contribution in [1.29, 1.82) is 0 Å². The van der Waals surface area contributed by atoms with Crippen LogP contribution in [0.4, 0.5) is 0 Å². The number of benzene rings is 2. The third-order valence-corrected chi connectivity index (χ3v) is 11.0. The van der Waals surface area contributed by atoms with Crippen molar-refractivity contribution >= 4 is 56.3 Å². The van der Waals surface area contributed by atoms with Gasteiger partial charge in [-0.1, -0.05) is 67.7 Å². The van der Waals surface area contributed by atoms with Crippen LogP contribution in [-0.4, -0.2) is 68.3 Å². The summed E-state index contributed by atoms with van der Waals surface area (Å²) in [5.41, 5.74) is 2.66. The molecule has 12 heteroatoms. The second-order valence-electron chi connectivity index (χ2n) is 10.9. The minimum atomic E-state index is -3.67. The van der Waals surface area contributed by atoms with E-state index in [9.17, 15) is 18.0 Å². The summed E-state index contributed by atoms with van der Waals surface area (Å²) in [6, 6.07) is 16.4. The van der Waals surface area contributed by atoms with Crippen molar-refractivity contribution in [2.75, 3.05) is 19.6 Å². The molecular weight excluding hydrogens is 605 g/mol. The lowest BCUT2D eigenvalue weighted by Crippen LogP contribution is -2.37. The van der Waals surface area contributed by atoms with Gasteiger partial charge in [0.25, 0.3) is 5.91 Å². The molecule has 2 aliphatic heterocycles. The zero-order chi connectivity index (χ0) is 30.6. The average molecular weight is 639 g/mol. The van der Waals surface area contributed by atoms with Crippen LogP contribution in [0.3, 0.4) is 0 Å².